The Labute approximate surface area is 136 Å². The molecule has 0 aliphatic carbocycles. The minimum atomic E-state index is -0.871. The summed E-state index contributed by atoms with van der Waals surface area (Å²) in [5, 5.41) is 12.8. The molecule has 2 heterocycles. The zero-order valence-electron chi connectivity index (χ0n) is 12.4. The Morgan fingerprint density at radius 2 is 2.17 bits per heavy atom. The van der Waals surface area contributed by atoms with Gasteiger partial charge in [0.05, 0.1) is 23.6 Å². The van der Waals surface area contributed by atoms with Crippen LogP contribution in [0.15, 0.2) is 35.0 Å². The predicted octanol–water partition coefficient (Wildman–Crippen LogP) is 2.98. The van der Waals surface area contributed by atoms with Crippen LogP contribution in [-0.2, 0) is 21.5 Å². The number of hydrogen-bond acceptors (Lipinski definition) is 4. The van der Waals surface area contributed by atoms with Crippen molar-refractivity contribution in [2.75, 3.05) is 0 Å². The number of amides is 2. The number of hydrogen-bond donors (Lipinski definition) is 0. The molecule has 1 aliphatic rings. The molecule has 1 atom stereocenters. The highest BCUT2D eigenvalue weighted by Crippen LogP contribution is 2.38. The molecule has 1 saturated heterocycles. The molecule has 0 spiro atoms. The predicted molar refractivity (Wildman–Crippen MR) is 83.0 cm³/mol. The van der Waals surface area contributed by atoms with Crippen LogP contribution < -0.4 is 0 Å². The second-order valence-corrected chi connectivity index (χ2v) is 6.50. The number of carbonyl (C=O) groups excluding carboxylic acids is 2. The SMILES string of the molecule is C[C@]1(c2ccsc2)CC(=O)N(Cc2ccc(F)cc2C#N)C1=O. The molecule has 6 heteroatoms. The molecule has 1 aromatic carbocycles. The molecule has 116 valence electrons. The van der Waals surface area contributed by atoms with Gasteiger partial charge in [-0.1, -0.05) is 6.07 Å². The van der Waals surface area contributed by atoms with E-state index in [2.05, 4.69) is 0 Å². The average molecular weight is 328 g/mol. The van der Waals surface area contributed by atoms with Crippen LogP contribution in [0, 0.1) is 17.1 Å². The summed E-state index contributed by atoms with van der Waals surface area (Å²) in [6.45, 7) is 1.74. The maximum absolute atomic E-state index is 13.2. The molecule has 0 bridgehead atoms. The van der Waals surface area contributed by atoms with Gasteiger partial charge in [0, 0.05) is 6.42 Å². The monoisotopic (exact) mass is 328 g/mol. The Morgan fingerprint density at radius 3 is 2.83 bits per heavy atom. The van der Waals surface area contributed by atoms with Gasteiger partial charge in [-0.2, -0.15) is 16.6 Å². The van der Waals surface area contributed by atoms with E-state index < -0.39 is 11.2 Å². The van der Waals surface area contributed by atoms with E-state index in [9.17, 15) is 14.0 Å². The van der Waals surface area contributed by atoms with Gasteiger partial charge in [-0.25, -0.2) is 4.39 Å². The number of rotatable bonds is 3. The summed E-state index contributed by atoms with van der Waals surface area (Å²) in [4.78, 5) is 26.2. The quantitative estimate of drug-likeness (QED) is 0.814. The second kappa shape index (κ2) is 5.60. The van der Waals surface area contributed by atoms with E-state index in [1.165, 1.54) is 23.5 Å². The van der Waals surface area contributed by atoms with Gasteiger partial charge in [-0.05, 0) is 47.0 Å². The molecule has 4 nitrogen and oxygen atoms in total. The molecule has 23 heavy (non-hydrogen) atoms. The topological polar surface area (TPSA) is 61.2 Å². The van der Waals surface area contributed by atoms with Crippen molar-refractivity contribution in [3.8, 4) is 6.07 Å². The fraction of sp³-hybridized carbons (Fsp3) is 0.235. The van der Waals surface area contributed by atoms with Crippen LogP contribution in [0.4, 0.5) is 4.39 Å². The second-order valence-electron chi connectivity index (χ2n) is 5.72. The van der Waals surface area contributed by atoms with Crippen molar-refractivity contribution in [2.24, 2.45) is 0 Å². The smallest absolute Gasteiger partial charge is 0.240 e. The summed E-state index contributed by atoms with van der Waals surface area (Å²) in [7, 11) is 0. The van der Waals surface area contributed by atoms with Crippen molar-refractivity contribution in [1.82, 2.24) is 4.90 Å². The van der Waals surface area contributed by atoms with E-state index in [4.69, 9.17) is 5.26 Å². The van der Waals surface area contributed by atoms with Crippen LogP contribution in [0.3, 0.4) is 0 Å². The molecule has 3 rings (SSSR count). The summed E-state index contributed by atoms with van der Waals surface area (Å²) >= 11 is 1.47. The van der Waals surface area contributed by atoms with Gasteiger partial charge in [-0.3, -0.25) is 14.5 Å². The number of carbonyl (C=O) groups is 2. The lowest BCUT2D eigenvalue weighted by Crippen LogP contribution is -2.36. The number of benzene rings is 1. The highest BCUT2D eigenvalue weighted by molar-refractivity contribution is 7.08. The molecule has 0 unspecified atom stereocenters. The summed E-state index contributed by atoms with van der Waals surface area (Å²) in [6.07, 6.45) is 0.103. The standard InChI is InChI=1S/C17H13FN2O2S/c1-17(13-4-5-23-10-13)7-15(21)20(16(17)22)9-11-2-3-14(18)6-12(11)8-19/h2-6,10H,7,9H2,1H3/t17-/m1/s1. The minimum absolute atomic E-state index is 0.0133. The summed E-state index contributed by atoms with van der Waals surface area (Å²) < 4.78 is 13.2. The fourth-order valence-electron chi connectivity index (χ4n) is 2.81. The van der Waals surface area contributed by atoms with Gasteiger partial charge >= 0.3 is 0 Å². The average Bonchev–Trinajstić information content (AvgIpc) is 3.13. The Kier molecular flexibility index (Phi) is 3.74. The minimum Gasteiger partial charge on any atom is -0.277 e. The van der Waals surface area contributed by atoms with E-state index in [-0.39, 0.29) is 30.3 Å². The van der Waals surface area contributed by atoms with Crippen LogP contribution in [0.25, 0.3) is 0 Å². The summed E-state index contributed by atoms with van der Waals surface area (Å²) in [5.74, 6) is -1.08. The van der Waals surface area contributed by atoms with Gasteiger partial charge in [-0.15, -0.1) is 0 Å². The third kappa shape index (κ3) is 2.53. The summed E-state index contributed by atoms with van der Waals surface area (Å²) in [5.41, 5.74) is 0.548. The van der Waals surface area contributed by atoms with Gasteiger partial charge in [0.25, 0.3) is 0 Å². The lowest BCUT2D eigenvalue weighted by atomic mass is 9.83. The lowest BCUT2D eigenvalue weighted by molar-refractivity contribution is -0.140. The Balaban J connectivity index is 1.92. The zero-order valence-corrected chi connectivity index (χ0v) is 13.2. The maximum Gasteiger partial charge on any atom is 0.240 e. The molecule has 2 aromatic rings. The Hall–Kier alpha value is -2.52. The van der Waals surface area contributed by atoms with Crippen LogP contribution >= 0.6 is 11.3 Å². The number of imide groups is 1. The maximum atomic E-state index is 13.2. The molecule has 1 aromatic heterocycles. The number of thiophene rings is 1. The van der Waals surface area contributed by atoms with Crippen LogP contribution in [-0.4, -0.2) is 16.7 Å². The first-order chi connectivity index (χ1) is 11.0. The van der Waals surface area contributed by atoms with Crippen LogP contribution in [0.5, 0.6) is 0 Å². The molecule has 1 fully saturated rings. The lowest BCUT2D eigenvalue weighted by Gasteiger charge is -2.21. The van der Waals surface area contributed by atoms with Crippen LogP contribution in [0.2, 0.25) is 0 Å². The number of nitrogens with zero attached hydrogens (tertiary/aromatic N) is 2. The number of likely N-dealkylation sites (tertiary alicyclic amines) is 1. The first-order valence-electron chi connectivity index (χ1n) is 7.02. The third-order valence-corrected chi connectivity index (χ3v) is 4.89. The van der Waals surface area contributed by atoms with Crippen molar-refractivity contribution in [3.05, 3.63) is 57.5 Å². The van der Waals surface area contributed by atoms with Gasteiger partial charge < -0.3 is 0 Å². The molecule has 0 radical (unpaired) electrons. The van der Waals surface area contributed by atoms with E-state index >= 15 is 0 Å². The normalized spacial score (nSPS) is 20.8. The molecule has 0 saturated carbocycles. The van der Waals surface area contributed by atoms with Gasteiger partial charge in [0.15, 0.2) is 0 Å². The first kappa shape index (κ1) is 15.4. The third-order valence-electron chi connectivity index (χ3n) is 4.20. The number of nitriles is 1. The highest BCUT2D eigenvalue weighted by atomic mass is 32.1. The molecule has 1 aliphatic heterocycles. The van der Waals surface area contributed by atoms with Gasteiger partial charge in [0.2, 0.25) is 11.8 Å². The van der Waals surface area contributed by atoms with E-state index in [0.29, 0.717) is 5.56 Å². The highest BCUT2D eigenvalue weighted by Gasteiger charge is 2.49. The number of halogens is 1. The first-order valence-corrected chi connectivity index (χ1v) is 7.96. The molecular formula is C17H13FN2O2S. The van der Waals surface area contributed by atoms with Crippen molar-refractivity contribution >= 4 is 23.2 Å². The van der Waals surface area contributed by atoms with Crippen LogP contribution in [0.1, 0.15) is 30.0 Å². The van der Waals surface area contributed by atoms with E-state index in [1.54, 1.807) is 6.92 Å². The fourth-order valence-corrected chi connectivity index (χ4v) is 3.60. The largest absolute Gasteiger partial charge is 0.277 e. The summed E-state index contributed by atoms with van der Waals surface area (Å²) in [6, 6.07) is 7.52. The van der Waals surface area contributed by atoms with Crippen molar-refractivity contribution < 1.29 is 14.0 Å². The van der Waals surface area contributed by atoms with Crippen molar-refractivity contribution in [2.45, 2.75) is 25.3 Å². The van der Waals surface area contributed by atoms with Crippen molar-refractivity contribution in [1.29, 1.82) is 5.26 Å². The van der Waals surface area contributed by atoms with E-state index in [1.807, 2.05) is 22.9 Å². The molecule has 2 amide bonds. The zero-order chi connectivity index (χ0) is 16.6. The van der Waals surface area contributed by atoms with E-state index in [0.717, 1.165) is 16.5 Å². The molecule has 0 N–H and O–H groups in total. The van der Waals surface area contributed by atoms with Crippen molar-refractivity contribution in [3.63, 3.8) is 0 Å². The Morgan fingerprint density at radius 1 is 1.39 bits per heavy atom. The Bertz CT molecular complexity index is 826. The van der Waals surface area contributed by atoms with Gasteiger partial charge in [0.1, 0.15) is 5.82 Å². The molecular weight excluding hydrogens is 315 g/mol.